The normalized spacial score (nSPS) is 17.7. The third kappa shape index (κ3) is 3.42. The van der Waals surface area contributed by atoms with E-state index in [2.05, 4.69) is 5.32 Å². The average molecular weight is 390 g/mol. The number of nitrogens with zero attached hydrogens (tertiary/aromatic N) is 1. The van der Waals surface area contributed by atoms with Crippen LogP contribution in [0.2, 0.25) is 0 Å². The van der Waals surface area contributed by atoms with Crippen LogP contribution in [0.5, 0.6) is 11.5 Å². The number of carboxylic acid groups (broad SMARTS) is 1. The van der Waals surface area contributed by atoms with Crippen LogP contribution in [-0.4, -0.2) is 36.2 Å². The zero-order valence-electron chi connectivity index (χ0n) is 14.6. The van der Waals surface area contributed by atoms with Gasteiger partial charge in [0.1, 0.15) is 18.2 Å². The number of aliphatic carboxylic acids is 1. The van der Waals surface area contributed by atoms with Gasteiger partial charge in [0.15, 0.2) is 18.2 Å². The Bertz CT molecular complexity index is 966. The molecule has 2 aromatic rings. The largest absolute Gasteiger partial charge is 0.489 e. The summed E-state index contributed by atoms with van der Waals surface area (Å²) in [5.41, 5.74) is 1.22. The zero-order chi connectivity index (χ0) is 19.8. The van der Waals surface area contributed by atoms with Crippen molar-refractivity contribution in [3.05, 3.63) is 47.5 Å². The van der Waals surface area contributed by atoms with Gasteiger partial charge >= 0.3 is 5.97 Å². The van der Waals surface area contributed by atoms with Gasteiger partial charge < -0.3 is 24.8 Å². The molecule has 1 atom stereocenters. The molecule has 0 aromatic heterocycles. The fourth-order valence-corrected chi connectivity index (χ4v) is 3.40. The number of carboxylic acids is 1. The second-order valence-corrected chi connectivity index (χ2v) is 6.59. The maximum Gasteiger partial charge on any atom is 0.305 e. The molecule has 7 nitrogen and oxygen atoms in total. The predicted molar refractivity (Wildman–Crippen MR) is 94.6 cm³/mol. The number of amides is 1. The summed E-state index contributed by atoms with van der Waals surface area (Å²) in [5.74, 6) is -2.25. The summed E-state index contributed by atoms with van der Waals surface area (Å²) in [5, 5.41) is 11.8. The molecule has 2 N–H and O–H groups in total. The van der Waals surface area contributed by atoms with Gasteiger partial charge in [0, 0.05) is 12.6 Å². The van der Waals surface area contributed by atoms with E-state index in [1.54, 1.807) is 11.0 Å². The number of benzene rings is 2. The number of carbonyl (C=O) groups is 2. The van der Waals surface area contributed by atoms with Crippen LogP contribution in [0.25, 0.3) is 0 Å². The molecule has 2 heterocycles. The molecule has 0 aliphatic carbocycles. The monoisotopic (exact) mass is 390 g/mol. The van der Waals surface area contributed by atoms with Gasteiger partial charge in [-0.1, -0.05) is 0 Å². The van der Waals surface area contributed by atoms with Crippen LogP contribution in [0, 0.1) is 11.6 Å². The van der Waals surface area contributed by atoms with Crippen molar-refractivity contribution in [2.75, 3.05) is 23.4 Å². The molecule has 0 unspecified atom stereocenters. The molecule has 4 rings (SSSR count). The highest BCUT2D eigenvalue weighted by molar-refractivity contribution is 5.95. The Morgan fingerprint density at radius 1 is 1.25 bits per heavy atom. The number of ether oxygens (including phenoxy) is 2. The van der Waals surface area contributed by atoms with Crippen molar-refractivity contribution in [2.24, 2.45) is 0 Å². The maximum atomic E-state index is 14.4. The molecule has 28 heavy (non-hydrogen) atoms. The first-order valence-corrected chi connectivity index (χ1v) is 8.56. The van der Waals surface area contributed by atoms with Crippen molar-refractivity contribution in [2.45, 2.75) is 19.0 Å². The maximum absolute atomic E-state index is 14.4. The first kappa shape index (κ1) is 18.0. The van der Waals surface area contributed by atoms with Crippen LogP contribution in [0.1, 0.15) is 12.0 Å². The smallest absolute Gasteiger partial charge is 0.305 e. The lowest BCUT2D eigenvalue weighted by molar-refractivity contribution is -0.137. The van der Waals surface area contributed by atoms with Gasteiger partial charge in [0.2, 0.25) is 0 Å². The quantitative estimate of drug-likeness (QED) is 0.834. The van der Waals surface area contributed by atoms with Crippen molar-refractivity contribution >= 4 is 23.3 Å². The number of rotatable bonds is 4. The molecule has 2 aliphatic rings. The van der Waals surface area contributed by atoms with E-state index in [4.69, 9.17) is 9.47 Å². The van der Waals surface area contributed by atoms with E-state index in [-0.39, 0.29) is 49.3 Å². The van der Waals surface area contributed by atoms with E-state index < -0.39 is 23.6 Å². The minimum atomic E-state index is -1.01. The summed E-state index contributed by atoms with van der Waals surface area (Å²) >= 11 is 0. The fourth-order valence-electron chi connectivity index (χ4n) is 3.40. The highest BCUT2D eigenvalue weighted by atomic mass is 19.1. The van der Waals surface area contributed by atoms with E-state index in [1.807, 2.05) is 0 Å². The highest BCUT2D eigenvalue weighted by Crippen LogP contribution is 2.38. The van der Waals surface area contributed by atoms with Gasteiger partial charge in [-0.15, -0.1) is 0 Å². The van der Waals surface area contributed by atoms with Crippen molar-refractivity contribution in [3.63, 3.8) is 0 Å². The van der Waals surface area contributed by atoms with Crippen LogP contribution < -0.4 is 19.7 Å². The first-order chi connectivity index (χ1) is 13.4. The minimum absolute atomic E-state index is 0.0325. The molecule has 0 saturated heterocycles. The Balaban J connectivity index is 1.70. The molecule has 0 spiro atoms. The number of fused-ring (bicyclic) bond motifs is 2. The lowest BCUT2D eigenvalue weighted by Gasteiger charge is -2.38. The summed E-state index contributed by atoms with van der Waals surface area (Å²) in [6.07, 6.45) is -0.204. The van der Waals surface area contributed by atoms with Crippen LogP contribution >= 0.6 is 0 Å². The van der Waals surface area contributed by atoms with Gasteiger partial charge in [0.25, 0.3) is 5.91 Å². The van der Waals surface area contributed by atoms with E-state index in [0.717, 1.165) is 0 Å². The molecule has 9 heteroatoms. The number of hydrogen-bond donors (Lipinski definition) is 2. The van der Waals surface area contributed by atoms with Crippen LogP contribution in [0.15, 0.2) is 30.3 Å². The number of halogens is 2. The first-order valence-electron chi connectivity index (χ1n) is 8.56. The van der Waals surface area contributed by atoms with E-state index in [9.17, 15) is 23.5 Å². The standard InChI is InChI=1S/C19H16F2N2O5/c20-11-1-2-15-16(5-11)27-8-12(6-18(25)26)23(15)7-10-3-13(21)19-14(4-10)22-17(24)9-28-19/h1-5,12H,6-9H2,(H,22,24)(H,25,26)/t12-/m0/s1. The molecule has 0 saturated carbocycles. The van der Waals surface area contributed by atoms with E-state index in [0.29, 0.717) is 11.3 Å². The van der Waals surface area contributed by atoms with Gasteiger partial charge in [-0.2, -0.15) is 0 Å². The molecule has 2 aliphatic heterocycles. The second-order valence-electron chi connectivity index (χ2n) is 6.59. The van der Waals surface area contributed by atoms with Crippen molar-refractivity contribution in [1.82, 2.24) is 0 Å². The lowest BCUT2D eigenvalue weighted by Crippen LogP contribution is -2.44. The molecular weight excluding hydrogens is 374 g/mol. The molecule has 146 valence electrons. The van der Waals surface area contributed by atoms with Gasteiger partial charge in [0.05, 0.1) is 23.8 Å². The third-order valence-electron chi connectivity index (χ3n) is 4.59. The SMILES string of the molecule is O=C(O)C[C@H]1COc2cc(F)ccc2N1Cc1cc(F)c2c(c1)NC(=O)CO2. The van der Waals surface area contributed by atoms with Crippen LogP contribution in [-0.2, 0) is 16.1 Å². The van der Waals surface area contributed by atoms with E-state index >= 15 is 0 Å². The Hall–Kier alpha value is -3.36. The van der Waals surface area contributed by atoms with Crippen LogP contribution in [0.4, 0.5) is 20.2 Å². The summed E-state index contributed by atoms with van der Waals surface area (Å²) in [6, 6.07) is 6.29. The van der Waals surface area contributed by atoms with Gasteiger partial charge in [-0.25, -0.2) is 8.78 Å². The molecule has 0 radical (unpaired) electrons. The van der Waals surface area contributed by atoms with Gasteiger partial charge in [-0.3, -0.25) is 9.59 Å². The summed E-state index contributed by atoms with van der Waals surface area (Å²) < 4.78 is 38.6. The highest BCUT2D eigenvalue weighted by Gasteiger charge is 2.30. The average Bonchev–Trinajstić information content (AvgIpc) is 2.62. The minimum Gasteiger partial charge on any atom is -0.489 e. The van der Waals surface area contributed by atoms with E-state index in [1.165, 1.54) is 24.3 Å². The predicted octanol–water partition coefficient (Wildman–Crippen LogP) is 2.54. The van der Waals surface area contributed by atoms with Crippen LogP contribution in [0.3, 0.4) is 0 Å². The molecule has 1 amide bonds. The molecule has 2 aromatic carbocycles. The molecular formula is C19H16F2N2O5. The summed E-state index contributed by atoms with van der Waals surface area (Å²) in [4.78, 5) is 24.5. The van der Waals surface area contributed by atoms with Crippen molar-refractivity contribution in [1.29, 1.82) is 0 Å². The third-order valence-corrected chi connectivity index (χ3v) is 4.59. The second kappa shape index (κ2) is 6.99. The van der Waals surface area contributed by atoms with Crippen molar-refractivity contribution in [3.8, 4) is 11.5 Å². The summed E-state index contributed by atoms with van der Waals surface area (Å²) in [7, 11) is 0. The lowest BCUT2D eigenvalue weighted by atomic mass is 10.1. The number of anilines is 2. The summed E-state index contributed by atoms with van der Waals surface area (Å²) in [6.45, 7) is -0.0671. The van der Waals surface area contributed by atoms with Crippen molar-refractivity contribution < 1.29 is 33.0 Å². The molecule has 0 fully saturated rings. The number of carbonyl (C=O) groups excluding carboxylic acids is 1. The molecule has 0 bridgehead atoms. The van der Waals surface area contributed by atoms with Gasteiger partial charge in [-0.05, 0) is 29.8 Å². The number of nitrogens with one attached hydrogen (secondary N) is 1. The topological polar surface area (TPSA) is 88.1 Å². The zero-order valence-corrected chi connectivity index (χ0v) is 14.6. The fraction of sp³-hybridized carbons (Fsp3) is 0.263. The Labute approximate surface area is 158 Å². The number of hydrogen-bond acceptors (Lipinski definition) is 5. The Morgan fingerprint density at radius 2 is 2.07 bits per heavy atom. The Kier molecular flexibility index (Phi) is 4.50. The Morgan fingerprint density at radius 3 is 2.86 bits per heavy atom.